The van der Waals surface area contributed by atoms with Crippen molar-refractivity contribution < 1.29 is 9.53 Å². The molecule has 158 valence electrons. The van der Waals surface area contributed by atoms with Crippen molar-refractivity contribution in [2.75, 3.05) is 31.1 Å². The fourth-order valence-corrected chi connectivity index (χ4v) is 4.68. The lowest BCUT2D eigenvalue weighted by atomic mass is 10.1. The Morgan fingerprint density at radius 3 is 2.37 bits per heavy atom. The normalized spacial score (nSPS) is 15.0. The molecule has 1 amide bonds. The topological polar surface area (TPSA) is 58.6 Å². The highest BCUT2D eigenvalue weighted by Crippen LogP contribution is 2.39. The quantitative estimate of drug-likeness (QED) is 0.453. The molecule has 9 heteroatoms. The first-order valence-corrected chi connectivity index (χ1v) is 11.3. The number of amides is 1. The van der Waals surface area contributed by atoms with Gasteiger partial charge in [0.05, 0.1) is 5.39 Å². The van der Waals surface area contributed by atoms with Crippen LogP contribution in [-0.4, -0.2) is 52.7 Å². The second kappa shape index (κ2) is 8.21. The van der Waals surface area contributed by atoms with Crippen LogP contribution in [0.15, 0.2) is 29.6 Å². The highest BCUT2D eigenvalue weighted by molar-refractivity contribution is 7.17. The second-order valence-electron chi connectivity index (χ2n) is 8.11. The van der Waals surface area contributed by atoms with Gasteiger partial charge in [-0.05, 0) is 50.1 Å². The van der Waals surface area contributed by atoms with Crippen LogP contribution in [0.25, 0.3) is 21.3 Å². The molecule has 0 atom stereocenters. The molecular weight excluding hydrogens is 443 g/mol. The molecule has 6 nitrogen and oxygen atoms in total. The van der Waals surface area contributed by atoms with E-state index in [1.165, 1.54) is 11.3 Å². The van der Waals surface area contributed by atoms with Crippen molar-refractivity contribution >= 4 is 56.7 Å². The number of anilines is 1. The fraction of sp³-hybridized carbons (Fsp3) is 0.381. The maximum Gasteiger partial charge on any atom is 0.410 e. The predicted octanol–water partition coefficient (Wildman–Crippen LogP) is 5.72. The number of piperazine rings is 1. The van der Waals surface area contributed by atoms with E-state index < -0.39 is 5.60 Å². The molecule has 1 aromatic carbocycles. The molecule has 0 radical (unpaired) electrons. The molecule has 0 N–H and O–H groups in total. The third-order valence-corrected chi connectivity index (χ3v) is 6.07. The molecule has 0 spiro atoms. The molecule has 1 fully saturated rings. The van der Waals surface area contributed by atoms with Gasteiger partial charge in [-0.3, -0.25) is 0 Å². The predicted molar refractivity (Wildman–Crippen MR) is 123 cm³/mol. The van der Waals surface area contributed by atoms with Crippen molar-refractivity contribution in [2.45, 2.75) is 26.4 Å². The Balaban J connectivity index is 1.62. The van der Waals surface area contributed by atoms with E-state index in [4.69, 9.17) is 27.9 Å². The van der Waals surface area contributed by atoms with E-state index in [1.807, 2.05) is 45.0 Å². The summed E-state index contributed by atoms with van der Waals surface area (Å²) in [6, 6.07) is 7.72. The monoisotopic (exact) mass is 464 g/mol. The summed E-state index contributed by atoms with van der Waals surface area (Å²) in [5.41, 5.74) is 1.59. The lowest BCUT2D eigenvalue weighted by molar-refractivity contribution is 0.0240. The minimum absolute atomic E-state index is 0.219. The Morgan fingerprint density at radius 1 is 1.07 bits per heavy atom. The number of rotatable bonds is 2. The van der Waals surface area contributed by atoms with Crippen LogP contribution in [0.1, 0.15) is 20.8 Å². The molecule has 0 unspecified atom stereocenters. The van der Waals surface area contributed by atoms with Gasteiger partial charge in [0.15, 0.2) is 0 Å². The van der Waals surface area contributed by atoms with Crippen molar-refractivity contribution in [1.82, 2.24) is 14.9 Å². The van der Waals surface area contributed by atoms with Crippen LogP contribution in [0.4, 0.5) is 10.6 Å². The third-order valence-electron chi connectivity index (χ3n) is 4.77. The average Bonchev–Trinajstić information content (AvgIpc) is 3.10. The van der Waals surface area contributed by atoms with Crippen LogP contribution in [0, 0.1) is 0 Å². The van der Waals surface area contributed by atoms with Gasteiger partial charge in [0.1, 0.15) is 16.2 Å². The van der Waals surface area contributed by atoms with Gasteiger partial charge >= 0.3 is 6.09 Å². The van der Waals surface area contributed by atoms with E-state index in [-0.39, 0.29) is 11.4 Å². The number of thiophene rings is 1. The number of carbonyl (C=O) groups is 1. The molecule has 3 heterocycles. The molecule has 3 aromatic rings. The Morgan fingerprint density at radius 2 is 1.73 bits per heavy atom. The minimum atomic E-state index is -0.509. The molecule has 1 aliphatic rings. The number of carbonyl (C=O) groups excluding carboxylic acids is 1. The molecule has 1 saturated heterocycles. The number of aromatic nitrogens is 2. The van der Waals surface area contributed by atoms with Crippen LogP contribution in [0.2, 0.25) is 10.3 Å². The summed E-state index contributed by atoms with van der Waals surface area (Å²) in [4.78, 5) is 26.1. The summed E-state index contributed by atoms with van der Waals surface area (Å²) in [5, 5.41) is 3.95. The van der Waals surface area contributed by atoms with E-state index in [1.54, 1.807) is 4.90 Å². The summed E-state index contributed by atoms with van der Waals surface area (Å²) >= 11 is 13.8. The van der Waals surface area contributed by atoms with Crippen molar-refractivity contribution in [1.29, 1.82) is 0 Å². The van der Waals surface area contributed by atoms with Gasteiger partial charge in [0.2, 0.25) is 5.28 Å². The molecule has 0 aliphatic carbocycles. The molecule has 0 saturated carbocycles. The molecule has 30 heavy (non-hydrogen) atoms. The van der Waals surface area contributed by atoms with Crippen LogP contribution in [0.5, 0.6) is 0 Å². The third kappa shape index (κ3) is 4.48. The number of benzene rings is 1. The largest absolute Gasteiger partial charge is 0.444 e. The van der Waals surface area contributed by atoms with Gasteiger partial charge in [-0.25, -0.2) is 9.78 Å². The van der Waals surface area contributed by atoms with Crippen LogP contribution < -0.4 is 4.90 Å². The van der Waals surface area contributed by atoms with E-state index >= 15 is 0 Å². The highest BCUT2D eigenvalue weighted by atomic mass is 35.5. The first-order chi connectivity index (χ1) is 14.2. The molecule has 4 rings (SSSR count). The lowest BCUT2D eigenvalue weighted by Crippen LogP contribution is -2.50. The van der Waals surface area contributed by atoms with Crippen molar-refractivity contribution in [3.05, 3.63) is 40.0 Å². The number of hydrogen-bond donors (Lipinski definition) is 0. The Hall–Kier alpha value is -2.09. The molecular formula is C21H22Cl2N4O2S. The maximum absolute atomic E-state index is 12.4. The van der Waals surface area contributed by atoms with Crippen LogP contribution >= 0.6 is 34.5 Å². The van der Waals surface area contributed by atoms with Gasteiger partial charge in [0, 0.05) is 42.1 Å². The standard InChI is InChI=1S/C21H22Cl2N4O2S/c1-21(2,3)29-20(28)27-10-8-26(9-11-27)17-16-15(13-4-6-14(22)7-5-13)12-30-18(16)25-19(23)24-17/h4-7,12H,8-11H2,1-3H3. The summed E-state index contributed by atoms with van der Waals surface area (Å²) in [5.74, 6) is 0.792. The van der Waals surface area contributed by atoms with Gasteiger partial charge in [-0.15, -0.1) is 11.3 Å². The summed E-state index contributed by atoms with van der Waals surface area (Å²) in [6.45, 7) is 7.99. The fourth-order valence-electron chi connectivity index (χ4n) is 3.40. The number of fused-ring (bicyclic) bond motifs is 1. The highest BCUT2D eigenvalue weighted by Gasteiger charge is 2.28. The van der Waals surface area contributed by atoms with Gasteiger partial charge in [0.25, 0.3) is 0 Å². The lowest BCUT2D eigenvalue weighted by Gasteiger charge is -2.36. The van der Waals surface area contributed by atoms with E-state index in [0.29, 0.717) is 31.2 Å². The first kappa shape index (κ1) is 21.2. The molecule has 2 aromatic heterocycles. The Kier molecular flexibility index (Phi) is 5.79. The van der Waals surface area contributed by atoms with Crippen molar-refractivity contribution in [3.63, 3.8) is 0 Å². The molecule has 1 aliphatic heterocycles. The van der Waals surface area contributed by atoms with Gasteiger partial charge in [-0.2, -0.15) is 4.98 Å². The van der Waals surface area contributed by atoms with Gasteiger partial charge < -0.3 is 14.5 Å². The Labute approximate surface area is 189 Å². The van der Waals surface area contributed by atoms with Crippen molar-refractivity contribution in [2.24, 2.45) is 0 Å². The number of ether oxygens (including phenoxy) is 1. The average molecular weight is 465 g/mol. The summed E-state index contributed by atoms with van der Waals surface area (Å²) in [6.07, 6.45) is -0.287. The van der Waals surface area contributed by atoms with E-state index in [0.717, 1.165) is 27.2 Å². The zero-order valence-electron chi connectivity index (χ0n) is 17.0. The number of halogens is 2. The SMILES string of the molecule is CC(C)(C)OC(=O)N1CCN(c2nc(Cl)nc3scc(-c4ccc(Cl)cc4)c23)CC1. The van der Waals surface area contributed by atoms with E-state index in [2.05, 4.69) is 20.2 Å². The summed E-state index contributed by atoms with van der Waals surface area (Å²) in [7, 11) is 0. The first-order valence-electron chi connectivity index (χ1n) is 9.65. The number of hydrogen-bond acceptors (Lipinski definition) is 6. The van der Waals surface area contributed by atoms with Gasteiger partial charge in [-0.1, -0.05) is 23.7 Å². The zero-order valence-corrected chi connectivity index (χ0v) is 19.3. The van der Waals surface area contributed by atoms with Crippen LogP contribution in [-0.2, 0) is 4.74 Å². The summed E-state index contributed by atoms with van der Waals surface area (Å²) < 4.78 is 5.49. The maximum atomic E-state index is 12.4. The van der Waals surface area contributed by atoms with Crippen LogP contribution in [0.3, 0.4) is 0 Å². The molecule has 0 bridgehead atoms. The van der Waals surface area contributed by atoms with E-state index in [9.17, 15) is 4.79 Å². The Bertz CT molecular complexity index is 1070. The minimum Gasteiger partial charge on any atom is -0.444 e. The smallest absolute Gasteiger partial charge is 0.410 e. The zero-order chi connectivity index (χ0) is 21.5. The van der Waals surface area contributed by atoms with Crippen molar-refractivity contribution in [3.8, 4) is 11.1 Å². The second-order valence-corrected chi connectivity index (χ2v) is 9.74. The number of nitrogens with zero attached hydrogens (tertiary/aromatic N) is 4.